The molecule has 1 fully saturated rings. The summed E-state index contributed by atoms with van der Waals surface area (Å²) < 4.78 is 0. The van der Waals surface area contributed by atoms with Crippen molar-refractivity contribution < 1.29 is 0 Å². The molecule has 3 atom stereocenters. The van der Waals surface area contributed by atoms with Gasteiger partial charge in [0.15, 0.2) is 0 Å². The standard InChI is InChI=1S/C15H21N3/c1-10-3-6-14(11(2)7-10)18-15-8-12(9-16)4-5-13(15)17/h4-5,8,10-11,14,18H,3,6-7,17H2,1-2H3. The Morgan fingerprint density at radius 3 is 2.78 bits per heavy atom. The fraction of sp³-hybridized carbons (Fsp3) is 0.533. The molecule has 3 unspecified atom stereocenters. The molecule has 1 saturated carbocycles. The van der Waals surface area contributed by atoms with Crippen LogP contribution in [0.1, 0.15) is 38.7 Å². The van der Waals surface area contributed by atoms with Crippen molar-refractivity contribution in [3.05, 3.63) is 23.8 Å². The lowest BCUT2D eigenvalue weighted by atomic mass is 9.80. The first kappa shape index (κ1) is 12.8. The maximum Gasteiger partial charge on any atom is 0.0992 e. The van der Waals surface area contributed by atoms with Gasteiger partial charge >= 0.3 is 0 Å². The summed E-state index contributed by atoms with van der Waals surface area (Å²) in [4.78, 5) is 0. The molecule has 3 nitrogen and oxygen atoms in total. The zero-order valence-corrected chi connectivity index (χ0v) is 11.1. The minimum Gasteiger partial charge on any atom is -0.397 e. The van der Waals surface area contributed by atoms with E-state index in [0.29, 0.717) is 17.5 Å². The Morgan fingerprint density at radius 2 is 2.11 bits per heavy atom. The van der Waals surface area contributed by atoms with Gasteiger partial charge in [0.1, 0.15) is 0 Å². The number of anilines is 2. The van der Waals surface area contributed by atoms with Crippen LogP contribution in [0.25, 0.3) is 0 Å². The molecule has 0 spiro atoms. The van der Waals surface area contributed by atoms with E-state index >= 15 is 0 Å². The molecule has 3 heteroatoms. The highest BCUT2D eigenvalue weighted by molar-refractivity contribution is 5.68. The van der Waals surface area contributed by atoms with Crippen molar-refractivity contribution in [1.82, 2.24) is 0 Å². The second-order valence-electron chi connectivity index (χ2n) is 5.56. The summed E-state index contributed by atoms with van der Waals surface area (Å²) in [5.74, 6) is 1.47. The van der Waals surface area contributed by atoms with Crippen LogP contribution in [0.15, 0.2) is 18.2 Å². The molecule has 0 aliphatic heterocycles. The Kier molecular flexibility index (Phi) is 3.76. The number of nitrogens with two attached hydrogens (primary N) is 1. The van der Waals surface area contributed by atoms with E-state index in [1.165, 1.54) is 19.3 Å². The topological polar surface area (TPSA) is 61.8 Å². The van der Waals surface area contributed by atoms with Gasteiger partial charge < -0.3 is 11.1 Å². The molecule has 18 heavy (non-hydrogen) atoms. The van der Waals surface area contributed by atoms with Gasteiger partial charge in [0, 0.05) is 6.04 Å². The lowest BCUT2D eigenvalue weighted by molar-refractivity contribution is 0.276. The van der Waals surface area contributed by atoms with Crippen LogP contribution < -0.4 is 11.1 Å². The van der Waals surface area contributed by atoms with E-state index in [1.54, 1.807) is 12.1 Å². The molecule has 0 radical (unpaired) electrons. The summed E-state index contributed by atoms with van der Waals surface area (Å²) in [6.45, 7) is 4.61. The molecule has 1 aromatic rings. The van der Waals surface area contributed by atoms with Gasteiger partial charge in [-0.3, -0.25) is 0 Å². The van der Waals surface area contributed by atoms with Crippen molar-refractivity contribution in [2.24, 2.45) is 11.8 Å². The van der Waals surface area contributed by atoms with Crippen molar-refractivity contribution in [2.75, 3.05) is 11.1 Å². The van der Waals surface area contributed by atoms with Gasteiger partial charge in [0.2, 0.25) is 0 Å². The highest BCUT2D eigenvalue weighted by Gasteiger charge is 2.25. The van der Waals surface area contributed by atoms with Crippen LogP contribution in [0.3, 0.4) is 0 Å². The van der Waals surface area contributed by atoms with Gasteiger partial charge in [0.05, 0.1) is 23.0 Å². The monoisotopic (exact) mass is 243 g/mol. The highest BCUT2D eigenvalue weighted by atomic mass is 14.9. The Balaban J connectivity index is 2.12. The zero-order valence-electron chi connectivity index (χ0n) is 11.1. The Labute approximate surface area is 109 Å². The van der Waals surface area contributed by atoms with Crippen LogP contribution in [0.4, 0.5) is 11.4 Å². The number of nitriles is 1. The van der Waals surface area contributed by atoms with E-state index in [-0.39, 0.29) is 0 Å². The van der Waals surface area contributed by atoms with Crippen molar-refractivity contribution >= 4 is 11.4 Å². The third-order valence-electron chi connectivity index (χ3n) is 3.95. The minimum atomic E-state index is 0.470. The maximum absolute atomic E-state index is 8.93. The second kappa shape index (κ2) is 5.30. The highest BCUT2D eigenvalue weighted by Crippen LogP contribution is 2.32. The Hall–Kier alpha value is -1.69. The van der Waals surface area contributed by atoms with Gasteiger partial charge in [-0.15, -0.1) is 0 Å². The first-order valence-corrected chi connectivity index (χ1v) is 6.66. The van der Waals surface area contributed by atoms with Crippen molar-refractivity contribution in [1.29, 1.82) is 5.26 Å². The average molecular weight is 243 g/mol. The molecule has 0 heterocycles. The van der Waals surface area contributed by atoms with Gasteiger partial charge in [-0.2, -0.15) is 5.26 Å². The summed E-state index contributed by atoms with van der Waals surface area (Å²) in [5.41, 5.74) is 8.24. The maximum atomic E-state index is 8.93. The molecule has 0 aromatic heterocycles. The summed E-state index contributed by atoms with van der Waals surface area (Å²) in [7, 11) is 0. The molecule has 3 N–H and O–H groups in total. The first-order valence-electron chi connectivity index (χ1n) is 6.66. The molecular formula is C15H21N3. The van der Waals surface area contributed by atoms with Gasteiger partial charge in [0.25, 0.3) is 0 Å². The van der Waals surface area contributed by atoms with Crippen LogP contribution in [0, 0.1) is 23.2 Å². The zero-order chi connectivity index (χ0) is 13.1. The van der Waals surface area contributed by atoms with E-state index in [1.807, 2.05) is 6.07 Å². The van der Waals surface area contributed by atoms with E-state index in [2.05, 4.69) is 25.2 Å². The van der Waals surface area contributed by atoms with Crippen molar-refractivity contribution in [2.45, 2.75) is 39.2 Å². The lowest BCUT2D eigenvalue weighted by Crippen LogP contribution is -2.33. The number of benzene rings is 1. The van der Waals surface area contributed by atoms with Gasteiger partial charge in [-0.1, -0.05) is 13.8 Å². The molecule has 1 aromatic carbocycles. The van der Waals surface area contributed by atoms with Crippen LogP contribution in [0.2, 0.25) is 0 Å². The van der Waals surface area contributed by atoms with E-state index in [9.17, 15) is 0 Å². The smallest absolute Gasteiger partial charge is 0.0992 e. The summed E-state index contributed by atoms with van der Waals surface area (Å²) >= 11 is 0. The van der Waals surface area contributed by atoms with Crippen LogP contribution in [-0.4, -0.2) is 6.04 Å². The largest absolute Gasteiger partial charge is 0.397 e. The molecular weight excluding hydrogens is 222 g/mol. The quantitative estimate of drug-likeness (QED) is 0.783. The van der Waals surface area contributed by atoms with Crippen LogP contribution in [-0.2, 0) is 0 Å². The van der Waals surface area contributed by atoms with E-state index < -0.39 is 0 Å². The molecule has 96 valence electrons. The number of nitrogens with one attached hydrogen (secondary N) is 1. The third kappa shape index (κ3) is 2.76. The normalized spacial score (nSPS) is 27.5. The minimum absolute atomic E-state index is 0.470. The molecule has 1 aliphatic rings. The van der Waals surface area contributed by atoms with Crippen LogP contribution >= 0.6 is 0 Å². The average Bonchev–Trinajstić information content (AvgIpc) is 2.35. The van der Waals surface area contributed by atoms with Crippen molar-refractivity contribution in [3.63, 3.8) is 0 Å². The van der Waals surface area contributed by atoms with E-state index in [4.69, 9.17) is 11.0 Å². The number of nitrogen functional groups attached to an aromatic ring is 1. The van der Waals surface area contributed by atoms with Crippen molar-refractivity contribution in [3.8, 4) is 6.07 Å². The summed E-state index contributed by atoms with van der Waals surface area (Å²) in [6, 6.07) is 8.03. The fourth-order valence-corrected chi connectivity index (χ4v) is 2.83. The molecule has 2 rings (SSSR count). The molecule has 0 bridgehead atoms. The fourth-order valence-electron chi connectivity index (χ4n) is 2.83. The molecule has 0 amide bonds. The predicted molar refractivity (Wildman–Crippen MR) is 75.2 cm³/mol. The number of hydrogen-bond acceptors (Lipinski definition) is 3. The third-order valence-corrected chi connectivity index (χ3v) is 3.95. The number of nitrogens with zero attached hydrogens (tertiary/aromatic N) is 1. The SMILES string of the molecule is CC1CCC(Nc2cc(C#N)ccc2N)C(C)C1. The number of rotatable bonds is 2. The lowest BCUT2D eigenvalue weighted by Gasteiger charge is -2.34. The Morgan fingerprint density at radius 1 is 1.33 bits per heavy atom. The summed E-state index contributed by atoms with van der Waals surface area (Å²) in [5, 5.41) is 12.4. The Bertz CT molecular complexity index is 461. The van der Waals surface area contributed by atoms with Crippen LogP contribution in [0.5, 0.6) is 0 Å². The first-order chi connectivity index (χ1) is 8.60. The molecule has 1 aliphatic carbocycles. The van der Waals surface area contributed by atoms with E-state index in [0.717, 1.165) is 17.3 Å². The van der Waals surface area contributed by atoms with Gasteiger partial charge in [-0.05, 0) is 49.3 Å². The second-order valence-corrected chi connectivity index (χ2v) is 5.56. The molecule has 0 saturated heterocycles. The predicted octanol–water partition coefficient (Wildman–Crippen LogP) is 3.38. The number of hydrogen-bond donors (Lipinski definition) is 2. The van der Waals surface area contributed by atoms with Gasteiger partial charge in [-0.25, -0.2) is 0 Å². The summed E-state index contributed by atoms with van der Waals surface area (Å²) in [6.07, 6.45) is 3.70.